The molecular formula is C11H11F3N2O4. The first-order valence-corrected chi connectivity index (χ1v) is 4.82. The zero-order valence-corrected chi connectivity index (χ0v) is 9.49. The van der Waals surface area contributed by atoms with E-state index >= 15 is 0 Å². The standard InChI is InChI=1S/C11H11F3N2O4/c1-10(2,18)9(17)15-6-3-4-8(16(19)20)7(5-6)11(12,13)14/h3-5,18H,1-2H3,(H,15,17)/i1D3,2D3. The maximum atomic E-state index is 12.9. The molecule has 0 spiro atoms. The summed E-state index contributed by atoms with van der Waals surface area (Å²) in [6.45, 7) is -7.48. The van der Waals surface area contributed by atoms with Crippen LogP contribution in [0.15, 0.2) is 18.2 Å². The number of benzene rings is 1. The molecule has 110 valence electrons. The summed E-state index contributed by atoms with van der Waals surface area (Å²) >= 11 is 0. The monoisotopic (exact) mass is 298 g/mol. The number of nitro groups is 1. The van der Waals surface area contributed by atoms with Gasteiger partial charge in [-0.25, -0.2) is 0 Å². The van der Waals surface area contributed by atoms with Crippen molar-refractivity contribution in [3.8, 4) is 0 Å². The molecule has 0 aromatic heterocycles. The summed E-state index contributed by atoms with van der Waals surface area (Å²) in [7, 11) is 0. The third kappa shape index (κ3) is 3.67. The molecule has 0 radical (unpaired) electrons. The van der Waals surface area contributed by atoms with E-state index in [2.05, 4.69) is 0 Å². The molecule has 1 aromatic carbocycles. The maximum absolute atomic E-state index is 12.9. The van der Waals surface area contributed by atoms with Gasteiger partial charge >= 0.3 is 6.18 Å². The van der Waals surface area contributed by atoms with E-state index in [1.165, 1.54) is 0 Å². The number of alkyl halides is 3. The summed E-state index contributed by atoms with van der Waals surface area (Å²) in [5.41, 5.74) is -7.80. The van der Waals surface area contributed by atoms with Crippen molar-refractivity contribution in [3.63, 3.8) is 0 Å². The van der Waals surface area contributed by atoms with Crippen LogP contribution in [-0.4, -0.2) is 21.5 Å². The van der Waals surface area contributed by atoms with E-state index in [4.69, 9.17) is 8.22 Å². The largest absolute Gasteiger partial charge is 0.423 e. The lowest BCUT2D eigenvalue weighted by Crippen LogP contribution is -2.36. The molecule has 0 saturated heterocycles. The quantitative estimate of drug-likeness (QED) is 0.661. The summed E-state index contributed by atoms with van der Waals surface area (Å²) in [4.78, 5) is 21.3. The van der Waals surface area contributed by atoms with Gasteiger partial charge in [0.2, 0.25) is 0 Å². The Morgan fingerprint density at radius 1 is 1.45 bits per heavy atom. The fraction of sp³-hybridized carbons (Fsp3) is 0.364. The van der Waals surface area contributed by atoms with Gasteiger partial charge in [0.15, 0.2) is 0 Å². The van der Waals surface area contributed by atoms with Gasteiger partial charge in [-0.15, -0.1) is 0 Å². The van der Waals surface area contributed by atoms with Crippen molar-refractivity contribution in [2.75, 3.05) is 5.32 Å². The van der Waals surface area contributed by atoms with Gasteiger partial charge in [-0.3, -0.25) is 14.9 Å². The summed E-state index contributed by atoms with van der Waals surface area (Å²) in [5.74, 6) is -2.01. The highest BCUT2D eigenvalue weighted by molar-refractivity contribution is 5.96. The van der Waals surface area contributed by atoms with Crippen LogP contribution in [0.25, 0.3) is 0 Å². The highest BCUT2D eigenvalue weighted by Crippen LogP contribution is 2.37. The Morgan fingerprint density at radius 2 is 2.05 bits per heavy atom. The third-order valence-electron chi connectivity index (χ3n) is 2.09. The number of nitrogens with one attached hydrogen (secondary N) is 1. The van der Waals surface area contributed by atoms with Crippen LogP contribution in [0, 0.1) is 10.1 Å². The number of amides is 1. The van der Waals surface area contributed by atoms with Crippen LogP contribution in [0.3, 0.4) is 0 Å². The second-order valence-corrected chi connectivity index (χ2v) is 3.65. The summed E-state index contributed by atoms with van der Waals surface area (Å²) in [5, 5.41) is 22.1. The second kappa shape index (κ2) is 5.08. The fourth-order valence-electron chi connectivity index (χ4n) is 1.22. The molecule has 0 saturated carbocycles. The van der Waals surface area contributed by atoms with E-state index in [9.17, 15) is 33.2 Å². The van der Waals surface area contributed by atoms with Gasteiger partial charge in [-0.1, -0.05) is 0 Å². The minimum atomic E-state index is -5.19. The van der Waals surface area contributed by atoms with E-state index in [-0.39, 0.29) is 6.07 Å². The molecule has 0 aliphatic heterocycles. The first-order valence-electron chi connectivity index (χ1n) is 7.82. The Morgan fingerprint density at radius 3 is 2.50 bits per heavy atom. The van der Waals surface area contributed by atoms with Gasteiger partial charge in [0, 0.05) is 20.0 Å². The van der Waals surface area contributed by atoms with E-state index in [0.29, 0.717) is 12.1 Å². The molecule has 6 nitrogen and oxygen atoms in total. The van der Waals surface area contributed by atoms with Crippen molar-refractivity contribution < 1.29 is 36.2 Å². The average Bonchev–Trinajstić information content (AvgIpc) is 2.42. The summed E-state index contributed by atoms with van der Waals surface area (Å²) in [6, 6.07) is 1.14. The van der Waals surface area contributed by atoms with E-state index in [1.807, 2.05) is 0 Å². The number of hydrogen-bond acceptors (Lipinski definition) is 4. The molecule has 0 aliphatic rings. The number of nitro benzene ring substituents is 1. The number of halogens is 3. The number of carbonyl (C=O) groups is 1. The molecule has 2 N–H and O–H groups in total. The summed E-state index contributed by atoms with van der Waals surface area (Å²) < 4.78 is 81.1. The minimum absolute atomic E-state index is 0.121. The molecule has 0 unspecified atom stereocenters. The zero-order chi connectivity index (χ0) is 20.7. The normalized spacial score (nSPS) is 17.8. The van der Waals surface area contributed by atoms with Crippen molar-refractivity contribution in [1.29, 1.82) is 0 Å². The van der Waals surface area contributed by atoms with Crippen molar-refractivity contribution in [3.05, 3.63) is 33.9 Å². The van der Waals surface area contributed by atoms with Crippen LogP contribution >= 0.6 is 0 Å². The highest BCUT2D eigenvalue weighted by Gasteiger charge is 2.38. The third-order valence-corrected chi connectivity index (χ3v) is 2.09. The Kier molecular flexibility index (Phi) is 2.26. The van der Waals surface area contributed by atoms with Gasteiger partial charge < -0.3 is 10.4 Å². The molecule has 1 amide bonds. The fourth-order valence-corrected chi connectivity index (χ4v) is 1.22. The zero-order valence-electron chi connectivity index (χ0n) is 15.5. The Bertz CT molecular complexity index is 718. The number of anilines is 1. The van der Waals surface area contributed by atoms with E-state index in [1.54, 1.807) is 5.32 Å². The van der Waals surface area contributed by atoms with Crippen LogP contribution < -0.4 is 5.32 Å². The van der Waals surface area contributed by atoms with Crippen LogP contribution in [0.4, 0.5) is 24.5 Å². The molecule has 20 heavy (non-hydrogen) atoms. The molecule has 0 bridgehead atoms. The van der Waals surface area contributed by atoms with Crippen LogP contribution in [0.2, 0.25) is 0 Å². The predicted octanol–water partition coefficient (Wildman–Crippen LogP) is 2.32. The van der Waals surface area contributed by atoms with Crippen LogP contribution in [0.1, 0.15) is 27.5 Å². The lowest BCUT2D eigenvalue weighted by molar-refractivity contribution is -0.388. The first-order chi connectivity index (χ1) is 11.4. The van der Waals surface area contributed by atoms with Crippen LogP contribution in [-0.2, 0) is 11.0 Å². The van der Waals surface area contributed by atoms with E-state index in [0.717, 1.165) is 0 Å². The molecule has 0 heterocycles. The lowest BCUT2D eigenvalue weighted by atomic mass is 10.1. The molecule has 1 rings (SSSR count). The second-order valence-electron chi connectivity index (χ2n) is 3.65. The molecule has 1 aromatic rings. The van der Waals surface area contributed by atoms with Gasteiger partial charge in [0.25, 0.3) is 11.6 Å². The molecular weight excluding hydrogens is 281 g/mol. The molecule has 0 fully saturated rings. The lowest BCUT2D eigenvalue weighted by Gasteiger charge is -2.17. The number of carbonyl (C=O) groups excluding carboxylic acids is 1. The SMILES string of the molecule is [2H]C([2H])([2H])C(O)(C(=O)Nc1ccc([N+](=O)[O-])c(C(F)(F)F)c1)C([2H])([2H])[2H]. The maximum Gasteiger partial charge on any atom is 0.423 e. The van der Waals surface area contributed by atoms with Gasteiger partial charge in [-0.2, -0.15) is 13.2 Å². The van der Waals surface area contributed by atoms with Gasteiger partial charge in [-0.05, 0) is 25.8 Å². The van der Waals surface area contributed by atoms with Crippen LogP contribution in [0.5, 0.6) is 0 Å². The Labute approximate surface area is 119 Å². The van der Waals surface area contributed by atoms with Crippen molar-refractivity contribution in [2.45, 2.75) is 25.5 Å². The van der Waals surface area contributed by atoms with Gasteiger partial charge in [0.05, 0.1) is 4.92 Å². The summed E-state index contributed by atoms with van der Waals surface area (Å²) in [6.07, 6.45) is -5.19. The molecule has 9 heteroatoms. The van der Waals surface area contributed by atoms with Gasteiger partial charge in [0.1, 0.15) is 11.2 Å². The molecule has 0 aliphatic carbocycles. The number of aliphatic hydroxyl groups is 1. The number of hydrogen-bond donors (Lipinski definition) is 2. The Balaban J connectivity index is 3.39. The number of rotatable bonds is 3. The first kappa shape index (κ1) is 8.90. The average molecular weight is 298 g/mol. The Hall–Kier alpha value is -2.16. The minimum Gasteiger partial charge on any atom is -0.381 e. The van der Waals surface area contributed by atoms with Crippen molar-refractivity contribution in [1.82, 2.24) is 0 Å². The molecule has 0 atom stereocenters. The van der Waals surface area contributed by atoms with E-state index < -0.39 is 53.2 Å². The predicted molar refractivity (Wildman–Crippen MR) is 63.0 cm³/mol. The number of nitrogens with zero attached hydrogens (tertiary/aromatic N) is 1. The van der Waals surface area contributed by atoms with Crippen molar-refractivity contribution in [2.24, 2.45) is 0 Å². The van der Waals surface area contributed by atoms with Crippen molar-refractivity contribution >= 4 is 17.3 Å². The highest BCUT2D eigenvalue weighted by atomic mass is 19.4. The smallest absolute Gasteiger partial charge is 0.381 e. The topological polar surface area (TPSA) is 92.5 Å².